The van der Waals surface area contributed by atoms with Gasteiger partial charge in [-0.25, -0.2) is 0 Å². The van der Waals surface area contributed by atoms with E-state index in [1.165, 1.54) is 25.7 Å². The molecular formula is C20H28ClN3O2. The number of aliphatic imine (C=N–C) groups is 1. The Balaban J connectivity index is 1.31. The van der Waals surface area contributed by atoms with Gasteiger partial charge in [0.15, 0.2) is 5.96 Å². The molecule has 1 heterocycles. The maximum Gasteiger partial charge on any atom is 0.191 e. The van der Waals surface area contributed by atoms with Crippen molar-refractivity contribution in [2.75, 3.05) is 27.3 Å². The maximum absolute atomic E-state index is 6.33. The standard InChI is InChI=1S/C20H28ClN3O2/c1-22-19(23-10-6-13-4-5-14(25-2)12-16(13)21)24-17-15-7-11-26-18(15)20(17)8-3-9-20/h4-5,12,15,17-18H,3,6-11H2,1-2H3,(H2,22,23,24). The Hall–Kier alpha value is -1.46. The van der Waals surface area contributed by atoms with Gasteiger partial charge >= 0.3 is 0 Å². The Labute approximate surface area is 160 Å². The van der Waals surface area contributed by atoms with Gasteiger partial charge in [0.1, 0.15) is 5.75 Å². The lowest BCUT2D eigenvalue weighted by molar-refractivity contribution is -0.171. The Kier molecular flexibility index (Phi) is 5.02. The molecule has 3 unspecified atom stereocenters. The zero-order valence-electron chi connectivity index (χ0n) is 15.6. The van der Waals surface area contributed by atoms with Crippen molar-refractivity contribution in [2.24, 2.45) is 16.3 Å². The maximum atomic E-state index is 6.33. The number of rotatable bonds is 5. The molecule has 142 valence electrons. The molecule has 0 aromatic heterocycles. The molecule has 2 N–H and O–H groups in total. The van der Waals surface area contributed by atoms with Crippen molar-refractivity contribution >= 4 is 17.6 Å². The monoisotopic (exact) mass is 377 g/mol. The van der Waals surface area contributed by atoms with E-state index in [1.54, 1.807) is 7.11 Å². The summed E-state index contributed by atoms with van der Waals surface area (Å²) in [5.41, 5.74) is 1.47. The molecule has 2 aliphatic carbocycles. The number of ether oxygens (including phenoxy) is 2. The zero-order valence-corrected chi connectivity index (χ0v) is 16.3. The molecule has 2 saturated carbocycles. The van der Waals surface area contributed by atoms with E-state index in [1.807, 2.05) is 25.2 Å². The van der Waals surface area contributed by atoms with Crippen molar-refractivity contribution in [3.63, 3.8) is 0 Å². The summed E-state index contributed by atoms with van der Waals surface area (Å²) in [6.45, 7) is 1.70. The fraction of sp³-hybridized carbons (Fsp3) is 0.650. The number of guanidine groups is 1. The van der Waals surface area contributed by atoms with Crippen LogP contribution in [0.25, 0.3) is 0 Å². The predicted octanol–water partition coefficient (Wildman–Crippen LogP) is 3.01. The van der Waals surface area contributed by atoms with Crippen LogP contribution >= 0.6 is 11.6 Å². The first kappa shape index (κ1) is 17.9. The molecular weight excluding hydrogens is 350 g/mol. The minimum atomic E-state index is 0.359. The number of nitrogens with one attached hydrogen (secondary N) is 2. The van der Waals surface area contributed by atoms with Crippen LogP contribution < -0.4 is 15.4 Å². The van der Waals surface area contributed by atoms with E-state index < -0.39 is 0 Å². The van der Waals surface area contributed by atoms with E-state index in [-0.39, 0.29) is 0 Å². The molecule has 3 fully saturated rings. The average Bonchev–Trinajstić information content (AvgIpc) is 3.02. The van der Waals surface area contributed by atoms with Crippen molar-refractivity contribution < 1.29 is 9.47 Å². The van der Waals surface area contributed by atoms with E-state index in [2.05, 4.69) is 15.6 Å². The number of hydrogen-bond acceptors (Lipinski definition) is 3. The smallest absolute Gasteiger partial charge is 0.191 e. The summed E-state index contributed by atoms with van der Waals surface area (Å²) in [6.07, 6.45) is 6.38. The van der Waals surface area contributed by atoms with Crippen LogP contribution in [0, 0.1) is 11.3 Å². The molecule has 1 aliphatic heterocycles. The number of fused-ring (bicyclic) bond motifs is 2. The lowest BCUT2D eigenvalue weighted by Gasteiger charge is -2.63. The van der Waals surface area contributed by atoms with Crippen LogP contribution in [-0.4, -0.2) is 45.4 Å². The van der Waals surface area contributed by atoms with E-state index in [0.717, 1.165) is 41.9 Å². The third-order valence-corrected chi connectivity index (χ3v) is 6.85. The number of methoxy groups -OCH3 is 1. The molecule has 4 rings (SSSR count). The molecule has 26 heavy (non-hydrogen) atoms. The largest absolute Gasteiger partial charge is 0.497 e. The molecule has 3 atom stereocenters. The molecule has 3 aliphatic rings. The zero-order chi connectivity index (χ0) is 18.1. The highest BCUT2D eigenvalue weighted by Gasteiger charge is 2.66. The summed E-state index contributed by atoms with van der Waals surface area (Å²) >= 11 is 6.33. The number of nitrogens with zero attached hydrogens (tertiary/aromatic N) is 1. The third kappa shape index (κ3) is 2.95. The van der Waals surface area contributed by atoms with Crippen LogP contribution in [0.15, 0.2) is 23.2 Å². The lowest BCUT2D eigenvalue weighted by atomic mass is 9.46. The average molecular weight is 378 g/mol. The van der Waals surface area contributed by atoms with Crippen molar-refractivity contribution in [3.05, 3.63) is 28.8 Å². The van der Waals surface area contributed by atoms with E-state index in [4.69, 9.17) is 21.1 Å². The number of benzene rings is 1. The Bertz CT molecular complexity index is 690. The van der Waals surface area contributed by atoms with Gasteiger partial charge in [-0.15, -0.1) is 0 Å². The van der Waals surface area contributed by atoms with Gasteiger partial charge in [-0.1, -0.05) is 24.1 Å². The normalized spacial score (nSPS) is 28.9. The molecule has 1 aromatic rings. The second-order valence-corrected chi connectivity index (χ2v) is 8.07. The molecule has 1 saturated heterocycles. The van der Waals surface area contributed by atoms with Crippen molar-refractivity contribution in [1.82, 2.24) is 10.6 Å². The van der Waals surface area contributed by atoms with Gasteiger partial charge in [-0.3, -0.25) is 4.99 Å². The Morgan fingerprint density at radius 2 is 2.27 bits per heavy atom. The summed E-state index contributed by atoms with van der Waals surface area (Å²) < 4.78 is 11.2. The topological polar surface area (TPSA) is 54.9 Å². The summed E-state index contributed by atoms with van der Waals surface area (Å²) in [4.78, 5) is 4.43. The van der Waals surface area contributed by atoms with E-state index >= 15 is 0 Å². The van der Waals surface area contributed by atoms with Crippen LogP contribution in [0.1, 0.15) is 31.2 Å². The second-order valence-electron chi connectivity index (χ2n) is 7.66. The van der Waals surface area contributed by atoms with Gasteiger partial charge in [0.05, 0.1) is 13.2 Å². The van der Waals surface area contributed by atoms with Crippen molar-refractivity contribution in [1.29, 1.82) is 0 Å². The highest BCUT2D eigenvalue weighted by atomic mass is 35.5. The minimum Gasteiger partial charge on any atom is -0.497 e. The van der Waals surface area contributed by atoms with Crippen LogP contribution in [-0.2, 0) is 11.2 Å². The van der Waals surface area contributed by atoms with Crippen molar-refractivity contribution in [2.45, 2.75) is 44.2 Å². The van der Waals surface area contributed by atoms with Gasteiger partial charge in [-0.2, -0.15) is 0 Å². The van der Waals surface area contributed by atoms with Crippen LogP contribution in [0.4, 0.5) is 0 Å². The Morgan fingerprint density at radius 1 is 1.42 bits per heavy atom. The van der Waals surface area contributed by atoms with Crippen LogP contribution in [0.2, 0.25) is 5.02 Å². The van der Waals surface area contributed by atoms with Gasteiger partial charge in [0.2, 0.25) is 0 Å². The van der Waals surface area contributed by atoms with Gasteiger partial charge < -0.3 is 20.1 Å². The molecule has 1 aromatic carbocycles. The third-order valence-electron chi connectivity index (χ3n) is 6.50. The predicted molar refractivity (Wildman–Crippen MR) is 104 cm³/mol. The number of halogens is 1. The summed E-state index contributed by atoms with van der Waals surface area (Å²) in [6, 6.07) is 6.33. The van der Waals surface area contributed by atoms with Gasteiger partial charge in [-0.05, 0) is 43.4 Å². The fourth-order valence-corrected chi connectivity index (χ4v) is 5.24. The molecule has 1 spiro atoms. The first-order valence-corrected chi connectivity index (χ1v) is 9.97. The highest BCUT2D eigenvalue weighted by Crippen LogP contribution is 2.62. The fourth-order valence-electron chi connectivity index (χ4n) is 4.97. The Morgan fingerprint density at radius 3 is 2.92 bits per heavy atom. The SMILES string of the molecule is CN=C(NCCc1ccc(OC)cc1Cl)NC1C2CCOC2C12CCC2. The quantitative estimate of drug-likeness (QED) is 0.611. The van der Waals surface area contributed by atoms with Gasteiger partial charge in [0, 0.05) is 42.6 Å². The highest BCUT2D eigenvalue weighted by molar-refractivity contribution is 6.31. The summed E-state index contributed by atoms with van der Waals surface area (Å²) in [5, 5.41) is 7.88. The molecule has 0 amide bonds. The number of hydrogen-bond donors (Lipinski definition) is 2. The first-order chi connectivity index (χ1) is 12.7. The van der Waals surface area contributed by atoms with Gasteiger partial charge in [0.25, 0.3) is 0 Å². The molecule has 0 radical (unpaired) electrons. The van der Waals surface area contributed by atoms with E-state index in [9.17, 15) is 0 Å². The van der Waals surface area contributed by atoms with Crippen LogP contribution in [0.5, 0.6) is 5.75 Å². The summed E-state index contributed by atoms with van der Waals surface area (Å²) in [7, 11) is 3.49. The molecule has 6 heteroatoms. The molecule has 0 bridgehead atoms. The second kappa shape index (κ2) is 7.28. The van der Waals surface area contributed by atoms with E-state index in [0.29, 0.717) is 23.5 Å². The minimum absolute atomic E-state index is 0.359. The summed E-state index contributed by atoms with van der Waals surface area (Å²) in [5.74, 6) is 2.31. The van der Waals surface area contributed by atoms with Crippen LogP contribution in [0.3, 0.4) is 0 Å². The first-order valence-electron chi connectivity index (χ1n) is 9.59. The van der Waals surface area contributed by atoms with Crippen molar-refractivity contribution in [3.8, 4) is 5.75 Å². The lowest BCUT2D eigenvalue weighted by Crippen LogP contribution is -2.72. The molecule has 5 nitrogen and oxygen atoms in total.